The summed E-state index contributed by atoms with van der Waals surface area (Å²) < 4.78 is 0. The Bertz CT molecular complexity index is 430. The van der Waals surface area contributed by atoms with Crippen LogP contribution in [0.1, 0.15) is 31.0 Å². The maximum absolute atomic E-state index is 4.40. The maximum Gasteiger partial charge on any atom is 0.193 e. The van der Waals surface area contributed by atoms with E-state index in [1.165, 1.54) is 18.4 Å². The third-order valence-electron chi connectivity index (χ3n) is 3.96. The topological polar surface area (TPSA) is 40.5 Å². The van der Waals surface area contributed by atoms with E-state index in [4.69, 9.17) is 0 Å². The number of likely N-dealkylation sites (tertiary alicyclic amines) is 1. The van der Waals surface area contributed by atoms with Crippen LogP contribution in [-0.4, -0.2) is 42.5 Å². The fourth-order valence-corrected chi connectivity index (χ4v) is 2.52. The van der Waals surface area contributed by atoms with Crippen molar-refractivity contribution in [2.75, 3.05) is 26.7 Å². The molecule has 0 spiro atoms. The summed E-state index contributed by atoms with van der Waals surface area (Å²) in [5.74, 6) is 1.89. The van der Waals surface area contributed by atoms with E-state index in [2.05, 4.69) is 39.2 Å². The molecule has 1 fully saturated rings. The number of piperidine rings is 1. The lowest BCUT2D eigenvalue weighted by atomic mass is 10.00. The smallest absolute Gasteiger partial charge is 0.193 e. The van der Waals surface area contributed by atoms with Crippen molar-refractivity contribution in [3.63, 3.8) is 0 Å². The van der Waals surface area contributed by atoms with Gasteiger partial charge in [-0.2, -0.15) is 0 Å². The number of aliphatic imine (C=N–C) groups is 1. The number of nitrogens with one attached hydrogen (secondary N) is 1. The number of aryl methyl sites for hydroxylation is 1. The minimum Gasteiger partial charge on any atom is -0.356 e. The first-order valence-corrected chi connectivity index (χ1v) is 7.56. The van der Waals surface area contributed by atoms with Crippen LogP contribution in [0.25, 0.3) is 0 Å². The molecule has 110 valence electrons. The Balaban J connectivity index is 1.78. The molecule has 1 aromatic heterocycles. The van der Waals surface area contributed by atoms with E-state index in [0.717, 1.165) is 43.6 Å². The van der Waals surface area contributed by atoms with Gasteiger partial charge in [-0.25, -0.2) is 0 Å². The molecule has 1 aromatic rings. The zero-order chi connectivity index (χ0) is 14.4. The third kappa shape index (κ3) is 4.22. The lowest BCUT2D eigenvalue weighted by molar-refractivity contribution is 0.273. The van der Waals surface area contributed by atoms with Crippen LogP contribution in [-0.2, 0) is 6.42 Å². The molecule has 0 unspecified atom stereocenters. The standard InChI is InChI=1S/C16H26N4/c1-13-7-10-20(11-8-13)16(17-3)18-9-6-15-5-4-14(2)19-12-15/h4-5,12-13H,6-11H2,1-3H3,(H,17,18). The molecule has 0 aliphatic carbocycles. The maximum atomic E-state index is 4.40. The number of hydrogen-bond acceptors (Lipinski definition) is 2. The monoisotopic (exact) mass is 274 g/mol. The summed E-state index contributed by atoms with van der Waals surface area (Å²) in [5, 5.41) is 3.47. The molecule has 0 aromatic carbocycles. The number of guanidine groups is 1. The Kier molecular flexibility index (Phi) is 5.39. The lowest BCUT2D eigenvalue weighted by Crippen LogP contribution is -2.45. The van der Waals surface area contributed by atoms with Crippen molar-refractivity contribution in [2.45, 2.75) is 33.1 Å². The molecule has 0 atom stereocenters. The summed E-state index contributed by atoms with van der Waals surface area (Å²) in [5.41, 5.74) is 2.34. The van der Waals surface area contributed by atoms with Crippen LogP contribution in [0.3, 0.4) is 0 Å². The van der Waals surface area contributed by atoms with Gasteiger partial charge in [0.15, 0.2) is 5.96 Å². The molecule has 0 bridgehead atoms. The number of pyridine rings is 1. The molecular weight excluding hydrogens is 248 g/mol. The zero-order valence-electron chi connectivity index (χ0n) is 12.9. The van der Waals surface area contributed by atoms with Crippen molar-refractivity contribution < 1.29 is 0 Å². The number of rotatable bonds is 3. The van der Waals surface area contributed by atoms with E-state index in [1.807, 2.05) is 20.2 Å². The average molecular weight is 274 g/mol. The second-order valence-electron chi connectivity index (χ2n) is 5.70. The van der Waals surface area contributed by atoms with Gasteiger partial charge >= 0.3 is 0 Å². The van der Waals surface area contributed by atoms with Crippen molar-refractivity contribution in [2.24, 2.45) is 10.9 Å². The third-order valence-corrected chi connectivity index (χ3v) is 3.96. The van der Waals surface area contributed by atoms with Crippen LogP contribution in [0.2, 0.25) is 0 Å². The average Bonchev–Trinajstić information content (AvgIpc) is 2.47. The van der Waals surface area contributed by atoms with Crippen molar-refractivity contribution in [1.29, 1.82) is 0 Å². The summed E-state index contributed by atoms with van der Waals surface area (Å²) in [6.45, 7) is 7.49. The first-order valence-electron chi connectivity index (χ1n) is 7.56. The van der Waals surface area contributed by atoms with Gasteiger partial charge in [0.05, 0.1) is 0 Å². The van der Waals surface area contributed by atoms with E-state index >= 15 is 0 Å². The minimum absolute atomic E-state index is 0.850. The summed E-state index contributed by atoms with van der Waals surface area (Å²) in [6, 6.07) is 4.21. The fraction of sp³-hybridized carbons (Fsp3) is 0.625. The summed E-state index contributed by atoms with van der Waals surface area (Å²) in [4.78, 5) is 11.1. The SMILES string of the molecule is CN=C(NCCc1ccc(C)nc1)N1CCC(C)CC1. The van der Waals surface area contributed by atoms with Gasteiger partial charge in [0.1, 0.15) is 0 Å². The van der Waals surface area contributed by atoms with Crippen LogP contribution in [0.5, 0.6) is 0 Å². The van der Waals surface area contributed by atoms with Crippen LogP contribution in [0.15, 0.2) is 23.3 Å². The first-order chi connectivity index (χ1) is 9.69. The highest BCUT2D eigenvalue weighted by Gasteiger charge is 2.18. The molecular formula is C16H26N4. The molecule has 0 amide bonds. The first kappa shape index (κ1) is 14.8. The molecule has 20 heavy (non-hydrogen) atoms. The Labute approximate surface area is 122 Å². The Hall–Kier alpha value is -1.58. The van der Waals surface area contributed by atoms with Crippen molar-refractivity contribution >= 4 is 5.96 Å². The van der Waals surface area contributed by atoms with Gasteiger partial charge < -0.3 is 10.2 Å². The molecule has 1 saturated heterocycles. The highest BCUT2D eigenvalue weighted by molar-refractivity contribution is 5.79. The molecule has 4 nitrogen and oxygen atoms in total. The summed E-state index contributed by atoms with van der Waals surface area (Å²) in [6.07, 6.45) is 5.48. The molecule has 1 aliphatic heterocycles. The van der Waals surface area contributed by atoms with E-state index in [-0.39, 0.29) is 0 Å². The zero-order valence-corrected chi connectivity index (χ0v) is 12.9. The number of hydrogen-bond donors (Lipinski definition) is 1. The molecule has 0 saturated carbocycles. The lowest BCUT2D eigenvalue weighted by Gasteiger charge is -2.32. The minimum atomic E-state index is 0.850. The number of nitrogens with zero attached hydrogens (tertiary/aromatic N) is 3. The highest BCUT2D eigenvalue weighted by atomic mass is 15.3. The van der Waals surface area contributed by atoms with Crippen molar-refractivity contribution in [1.82, 2.24) is 15.2 Å². The van der Waals surface area contributed by atoms with Crippen LogP contribution >= 0.6 is 0 Å². The van der Waals surface area contributed by atoms with Gasteiger partial charge in [0.2, 0.25) is 0 Å². The van der Waals surface area contributed by atoms with E-state index < -0.39 is 0 Å². The molecule has 0 radical (unpaired) electrons. The predicted octanol–water partition coefficient (Wildman–Crippen LogP) is 2.24. The van der Waals surface area contributed by atoms with Gasteiger partial charge in [0.25, 0.3) is 0 Å². The van der Waals surface area contributed by atoms with Crippen LogP contribution < -0.4 is 5.32 Å². The van der Waals surface area contributed by atoms with E-state index in [9.17, 15) is 0 Å². The van der Waals surface area contributed by atoms with Gasteiger partial charge in [-0.15, -0.1) is 0 Å². The van der Waals surface area contributed by atoms with Crippen LogP contribution in [0, 0.1) is 12.8 Å². The van der Waals surface area contributed by atoms with Crippen molar-refractivity contribution in [3.8, 4) is 0 Å². The second kappa shape index (κ2) is 7.27. The highest BCUT2D eigenvalue weighted by Crippen LogP contribution is 2.15. The Morgan fingerprint density at radius 1 is 1.40 bits per heavy atom. The molecule has 2 heterocycles. The van der Waals surface area contributed by atoms with Crippen LogP contribution in [0.4, 0.5) is 0 Å². The predicted molar refractivity (Wildman–Crippen MR) is 84.0 cm³/mol. The summed E-state index contributed by atoms with van der Waals surface area (Å²) in [7, 11) is 1.87. The summed E-state index contributed by atoms with van der Waals surface area (Å²) >= 11 is 0. The van der Waals surface area contributed by atoms with E-state index in [1.54, 1.807) is 0 Å². The quantitative estimate of drug-likeness (QED) is 0.679. The fourth-order valence-electron chi connectivity index (χ4n) is 2.52. The Morgan fingerprint density at radius 3 is 2.75 bits per heavy atom. The van der Waals surface area contributed by atoms with Gasteiger partial charge in [-0.3, -0.25) is 9.98 Å². The largest absolute Gasteiger partial charge is 0.356 e. The number of aromatic nitrogens is 1. The van der Waals surface area contributed by atoms with Gasteiger partial charge in [-0.1, -0.05) is 13.0 Å². The molecule has 1 N–H and O–H groups in total. The Morgan fingerprint density at radius 2 is 2.15 bits per heavy atom. The second-order valence-corrected chi connectivity index (χ2v) is 5.70. The van der Waals surface area contributed by atoms with E-state index in [0.29, 0.717) is 0 Å². The normalized spacial score (nSPS) is 17.4. The van der Waals surface area contributed by atoms with Gasteiger partial charge in [0, 0.05) is 38.6 Å². The molecule has 4 heteroatoms. The molecule has 1 aliphatic rings. The van der Waals surface area contributed by atoms with Crippen molar-refractivity contribution in [3.05, 3.63) is 29.6 Å². The van der Waals surface area contributed by atoms with Gasteiger partial charge in [-0.05, 0) is 43.7 Å². The molecule has 2 rings (SSSR count).